The topological polar surface area (TPSA) is 29.9 Å². The molecule has 3 nitrogen and oxygen atoms in total. The molecule has 1 aromatic heterocycles. The van der Waals surface area contributed by atoms with Gasteiger partial charge < -0.3 is 9.88 Å². The molecule has 0 radical (unpaired) electrons. The molecule has 18 heavy (non-hydrogen) atoms. The van der Waals surface area contributed by atoms with Crippen molar-refractivity contribution in [1.82, 2.24) is 14.9 Å². The molecule has 0 unspecified atom stereocenters. The number of imidazole rings is 1. The Morgan fingerprint density at radius 1 is 1.28 bits per heavy atom. The van der Waals surface area contributed by atoms with Crippen LogP contribution in [0.15, 0.2) is 36.9 Å². The summed E-state index contributed by atoms with van der Waals surface area (Å²) in [5.41, 5.74) is 0.602. The zero-order valence-corrected chi connectivity index (χ0v) is 10.1. The lowest BCUT2D eigenvalue weighted by atomic mass is 10.2. The van der Waals surface area contributed by atoms with Crippen LogP contribution in [0.4, 0.5) is 8.78 Å². The summed E-state index contributed by atoms with van der Waals surface area (Å²) >= 11 is 0. The van der Waals surface area contributed by atoms with Crippen molar-refractivity contribution in [2.24, 2.45) is 0 Å². The maximum atomic E-state index is 13.0. The van der Waals surface area contributed by atoms with Gasteiger partial charge in [0.05, 0.1) is 6.33 Å². The zero-order valence-electron chi connectivity index (χ0n) is 10.1. The minimum Gasteiger partial charge on any atom is -0.336 e. The Bertz CT molecular complexity index is 477. The quantitative estimate of drug-likeness (QED) is 0.884. The van der Waals surface area contributed by atoms with Crippen molar-refractivity contribution in [1.29, 1.82) is 0 Å². The highest BCUT2D eigenvalue weighted by Gasteiger charge is 2.04. The van der Waals surface area contributed by atoms with Gasteiger partial charge in [-0.25, -0.2) is 13.8 Å². The normalized spacial score (nSPS) is 12.6. The molecule has 0 saturated heterocycles. The molecule has 2 rings (SSSR count). The Morgan fingerprint density at radius 3 is 2.61 bits per heavy atom. The third-order valence-corrected chi connectivity index (χ3v) is 2.62. The predicted molar refractivity (Wildman–Crippen MR) is 64.9 cm³/mol. The Morgan fingerprint density at radius 2 is 2.00 bits per heavy atom. The zero-order chi connectivity index (χ0) is 13.0. The summed E-state index contributed by atoms with van der Waals surface area (Å²) in [6, 6.07) is 3.73. The van der Waals surface area contributed by atoms with Crippen LogP contribution in [0, 0.1) is 11.6 Å². The molecule has 0 aliphatic rings. The molecule has 1 heterocycles. The van der Waals surface area contributed by atoms with E-state index in [-0.39, 0.29) is 6.04 Å². The number of halogens is 2. The van der Waals surface area contributed by atoms with Gasteiger partial charge in [0.2, 0.25) is 0 Å². The molecule has 0 bridgehead atoms. The lowest BCUT2D eigenvalue weighted by Crippen LogP contribution is -2.29. The fourth-order valence-corrected chi connectivity index (χ4v) is 1.78. The molecular weight excluding hydrogens is 236 g/mol. The van der Waals surface area contributed by atoms with E-state index in [0.717, 1.165) is 12.6 Å². The highest BCUT2D eigenvalue weighted by atomic mass is 19.1. The number of hydrogen-bond acceptors (Lipinski definition) is 2. The van der Waals surface area contributed by atoms with Crippen molar-refractivity contribution in [3.05, 3.63) is 54.1 Å². The first-order valence-corrected chi connectivity index (χ1v) is 5.77. The summed E-state index contributed by atoms with van der Waals surface area (Å²) in [6.45, 7) is 3.21. The minimum atomic E-state index is -0.547. The van der Waals surface area contributed by atoms with E-state index in [1.165, 1.54) is 12.1 Å². The molecule has 5 heteroatoms. The van der Waals surface area contributed by atoms with Gasteiger partial charge in [0.25, 0.3) is 0 Å². The van der Waals surface area contributed by atoms with Gasteiger partial charge in [-0.15, -0.1) is 0 Å². The van der Waals surface area contributed by atoms with Crippen LogP contribution < -0.4 is 5.32 Å². The summed E-state index contributed by atoms with van der Waals surface area (Å²) in [5.74, 6) is -1.09. The van der Waals surface area contributed by atoms with Crippen LogP contribution in [-0.2, 0) is 13.1 Å². The molecular formula is C13H15F2N3. The molecule has 0 aliphatic carbocycles. The summed E-state index contributed by atoms with van der Waals surface area (Å²) in [7, 11) is 0. The predicted octanol–water partition coefficient (Wildman–Crippen LogP) is 2.34. The van der Waals surface area contributed by atoms with E-state index in [1.807, 2.05) is 17.7 Å². The molecule has 1 aromatic carbocycles. The van der Waals surface area contributed by atoms with Gasteiger partial charge >= 0.3 is 0 Å². The Labute approximate surface area is 104 Å². The second-order valence-corrected chi connectivity index (χ2v) is 4.32. The van der Waals surface area contributed by atoms with E-state index in [4.69, 9.17) is 0 Å². The summed E-state index contributed by atoms with van der Waals surface area (Å²) in [5, 5.41) is 3.21. The molecule has 0 aliphatic heterocycles. The van der Waals surface area contributed by atoms with Crippen molar-refractivity contribution in [2.75, 3.05) is 0 Å². The van der Waals surface area contributed by atoms with Crippen molar-refractivity contribution in [3.63, 3.8) is 0 Å². The molecule has 0 saturated carbocycles. The Balaban J connectivity index is 1.87. The maximum absolute atomic E-state index is 13.0. The first kappa shape index (κ1) is 12.7. The monoisotopic (exact) mass is 251 g/mol. The van der Waals surface area contributed by atoms with Crippen LogP contribution in [0.1, 0.15) is 12.5 Å². The lowest BCUT2D eigenvalue weighted by molar-refractivity contribution is 0.474. The van der Waals surface area contributed by atoms with Crippen molar-refractivity contribution in [2.45, 2.75) is 26.1 Å². The Kier molecular flexibility index (Phi) is 4.04. The molecule has 0 amide bonds. The lowest BCUT2D eigenvalue weighted by Gasteiger charge is -2.14. The van der Waals surface area contributed by atoms with E-state index in [9.17, 15) is 8.78 Å². The van der Waals surface area contributed by atoms with Gasteiger partial charge in [-0.05, 0) is 24.6 Å². The third-order valence-electron chi connectivity index (χ3n) is 2.62. The number of benzene rings is 1. The third kappa shape index (κ3) is 3.63. The first-order valence-electron chi connectivity index (χ1n) is 5.77. The summed E-state index contributed by atoms with van der Waals surface area (Å²) in [4.78, 5) is 3.95. The van der Waals surface area contributed by atoms with Crippen LogP contribution in [0.25, 0.3) is 0 Å². The highest BCUT2D eigenvalue weighted by molar-refractivity contribution is 5.17. The maximum Gasteiger partial charge on any atom is 0.126 e. The fourth-order valence-electron chi connectivity index (χ4n) is 1.78. The number of nitrogens with one attached hydrogen (secondary N) is 1. The van der Waals surface area contributed by atoms with E-state index < -0.39 is 11.6 Å². The average Bonchev–Trinajstić information content (AvgIpc) is 2.78. The minimum absolute atomic E-state index is 0.186. The molecule has 1 atom stereocenters. The molecule has 2 aromatic rings. The SMILES string of the molecule is C[C@H](Cn1ccnc1)NCc1cc(F)cc(F)c1. The van der Waals surface area contributed by atoms with Crippen LogP contribution in [-0.4, -0.2) is 15.6 Å². The van der Waals surface area contributed by atoms with E-state index in [2.05, 4.69) is 10.3 Å². The van der Waals surface area contributed by atoms with Gasteiger partial charge in [0.1, 0.15) is 11.6 Å². The molecule has 0 spiro atoms. The van der Waals surface area contributed by atoms with Gasteiger partial charge in [-0.1, -0.05) is 0 Å². The molecule has 1 N–H and O–H groups in total. The van der Waals surface area contributed by atoms with Gasteiger partial charge in [-0.2, -0.15) is 0 Å². The number of hydrogen-bond donors (Lipinski definition) is 1. The second-order valence-electron chi connectivity index (χ2n) is 4.32. The number of aromatic nitrogens is 2. The number of rotatable bonds is 5. The molecule has 96 valence electrons. The van der Waals surface area contributed by atoms with Crippen LogP contribution in [0.2, 0.25) is 0 Å². The van der Waals surface area contributed by atoms with Crippen LogP contribution in [0.3, 0.4) is 0 Å². The summed E-state index contributed by atoms with van der Waals surface area (Å²) < 4.78 is 27.9. The Hall–Kier alpha value is -1.75. The largest absolute Gasteiger partial charge is 0.336 e. The van der Waals surface area contributed by atoms with Gasteiger partial charge in [0.15, 0.2) is 0 Å². The van der Waals surface area contributed by atoms with E-state index in [0.29, 0.717) is 12.1 Å². The van der Waals surface area contributed by atoms with Crippen molar-refractivity contribution >= 4 is 0 Å². The summed E-state index contributed by atoms with van der Waals surface area (Å²) in [6.07, 6.45) is 5.33. The standard InChI is InChI=1S/C13H15F2N3/c1-10(8-18-3-2-16-9-18)17-7-11-4-12(14)6-13(15)5-11/h2-6,9-10,17H,7-8H2,1H3/t10-/m1/s1. The van der Waals surface area contributed by atoms with Crippen molar-refractivity contribution in [3.8, 4) is 0 Å². The van der Waals surface area contributed by atoms with Gasteiger partial charge in [0, 0.05) is 37.6 Å². The van der Waals surface area contributed by atoms with Crippen LogP contribution in [0.5, 0.6) is 0 Å². The van der Waals surface area contributed by atoms with E-state index >= 15 is 0 Å². The fraction of sp³-hybridized carbons (Fsp3) is 0.308. The van der Waals surface area contributed by atoms with Gasteiger partial charge in [-0.3, -0.25) is 0 Å². The highest BCUT2D eigenvalue weighted by Crippen LogP contribution is 2.08. The first-order chi connectivity index (χ1) is 8.63. The second kappa shape index (κ2) is 5.73. The molecule has 0 fully saturated rings. The number of nitrogens with zero attached hydrogens (tertiary/aromatic N) is 2. The average molecular weight is 251 g/mol. The van der Waals surface area contributed by atoms with E-state index in [1.54, 1.807) is 12.5 Å². The van der Waals surface area contributed by atoms with Crippen molar-refractivity contribution < 1.29 is 8.78 Å². The van der Waals surface area contributed by atoms with Crippen LogP contribution >= 0.6 is 0 Å². The smallest absolute Gasteiger partial charge is 0.126 e.